The Labute approximate surface area is 154 Å². The van der Waals surface area contributed by atoms with Crippen LogP contribution in [-0.2, 0) is 6.42 Å². The van der Waals surface area contributed by atoms with Gasteiger partial charge in [-0.2, -0.15) is 0 Å². The van der Waals surface area contributed by atoms with Crippen LogP contribution in [0.3, 0.4) is 0 Å². The molecule has 0 saturated carbocycles. The van der Waals surface area contributed by atoms with Gasteiger partial charge in [-0.3, -0.25) is 4.79 Å². The van der Waals surface area contributed by atoms with E-state index >= 15 is 0 Å². The fourth-order valence-corrected chi connectivity index (χ4v) is 3.23. The molecule has 3 N–H and O–H groups in total. The summed E-state index contributed by atoms with van der Waals surface area (Å²) >= 11 is 1.49. The topological polar surface area (TPSA) is 68.0 Å². The molecule has 0 aliphatic heterocycles. The number of carbonyl (C=O) groups excluding carboxylic acids is 1. The lowest BCUT2D eigenvalue weighted by molar-refractivity contribution is 0.0921. The van der Waals surface area contributed by atoms with Crippen molar-refractivity contribution in [1.82, 2.24) is 10.3 Å². The highest BCUT2D eigenvalue weighted by Crippen LogP contribution is 2.29. The van der Waals surface area contributed by atoms with Gasteiger partial charge in [0.1, 0.15) is 5.69 Å². The fourth-order valence-electron chi connectivity index (χ4n) is 2.44. The first-order valence-electron chi connectivity index (χ1n) is 7.89. The number of thiazole rings is 1. The Morgan fingerprint density at radius 1 is 1.29 bits per heavy atom. The van der Waals surface area contributed by atoms with Crippen molar-refractivity contribution in [1.29, 1.82) is 0 Å². The number of benzene rings is 1. The third-order valence-corrected chi connectivity index (χ3v) is 4.37. The van der Waals surface area contributed by atoms with E-state index in [-0.39, 0.29) is 29.8 Å². The molecule has 1 aromatic heterocycles. The molecule has 1 amide bonds. The molecule has 0 aliphatic carbocycles. The second-order valence-corrected chi connectivity index (χ2v) is 7.81. The minimum atomic E-state index is -0.123. The molecule has 0 bridgehead atoms. The first-order valence-corrected chi connectivity index (χ1v) is 8.77. The molecule has 1 aromatic carbocycles. The summed E-state index contributed by atoms with van der Waals surface area (Å²) in [7, 11) is 0. The van der Waals surface area contributed by atoms with E-state index in [0.29, 0.717) is 18.7 Å². The minimum Gasteiger partial charge on any atom is -0.344 e. The number of amides is 1. The zero-order chi connectivity index (χ0) is 16.9. The molecule has 2 aromatic rings. The number of nitrogens with zero attached hydrogens (tertiary/aromatic N) is 1. The van der Waals surface area contributed by atoms with E-state index in [1.165, 1.54) is 11.3 Å². The molecule has 0 spiro atoms. The summed E-state index contributed by atoms with van der Waals surface area (Å²) in [5.74, 6) is -0.123. The Morgan fingerprint density at radius 2 is 1.96 bits per heavy atom. The van der Waals surface area contributed by atoms with Gasteiger partial charge in [0.2, 0.25) is 0 Å². The van der Waals surface area contributed by atoms with Gasteiger partial charge in [0.25, 0.3) is 5.91 Å². The molecule has 4 nitrogen and oxygen atoms in total. The van der Waals surface area contributed by atoms with Crippen LogP contribution in [-0.4, -0.2) is 17.4 Å². The Morgan fingerprint density at radius 3 is 2.54 bits per heavy atom. The van der Waals surface area contributed by atoms with E-state index in [1.54, 1.807) is 5.38 Å². The first kappa shape index (κ1) is 20.6. The molecule has 24 heavy (non-hydrogen) atoms. The number of aromatic nitrogens is 1. The summed E-state index contributed by atoms with van der Waals surface area (Å²) in [6.45, 7) is 7.08. The molecular formula is C18H26ClN3OS. The average molecular weight is 368 g/mol. The van der Waals surface area contributed by atoms with E-state index in [9.17, 15) is 4.79 Å². The van der Waals surface area contributed by atoms with Crippen molar-refractivity contribution >= 4 is 29.7 Å². The zero-order valence-electron chi connectivity index (χ0n) is 14.4. The van der Waals surface area contributed by atoms with Crippen molar-refractivity contribution in [3.05, 3.63) is 52.0 Å². The van der Waals surface area contributed by atoms with Gasteiger partial charge < -0.3 is 11.1 Å². The second-order valence-electron chi connectivity index (χ2n) is 6.87. The quantitative estimate of drug-likeness (QED) is 0.811. The van der Waals surface area contributed by atoms with Crippen molar-refractivity contribution in [2.75, 3.05) is 6.54 Å². The van der Waals surface area contributed by atoms with Crippen molar-refractivity contribution in [3.63, 3.8) is 0 Å². The van der Waals surface area contributed by atoms with Gasteiger partial charge in [0.15, 0.2) is 0 Å². The Balaban J connectivity index is 0.00000288. The summed E-state index contributed by atoms with van der Waals surface area (Å²) in [5, 5.41) is 5.85. The van der Waals surface area contributed by atoms with Crippen LogP contribution >= 0.6 is 23.7 Å². The van der Waals surface area contributed by atoms with Crippen molar-refractivity contribution in [2.24, 2.45) is 11.1 Å². The van der Waals surface area contributed by atoms with Gasteiger partial charge in [-0.05, 0) is 23.9 Å². The maximum atomic E-state index is 12.5. The number of halogens is 1. The van der Waals surface area contributed by atoms with Gasteiger partial charge in [-0.15, -0.1) is 23.7 Å². The van der Waals surface area contributed by atoms with Crippen molar-refractivity contribution in [2.45, 2.75) is 39.7 Å². The van der Waals surface area contributed by atoms with Gasteiger partial charge >= 0.3 is 0 Å². The average Bonchev–Trinajstić information content (AvgIpc) is 2.95. The predicted octanol–water partition coefficient (Wildman–Crippen LogP) is 3.97. The molecule has 0 fully saturated rings. The van der Waals surface area contributed by atoms with E-state index < -0.39 is 0 Å². The fraction of sp³-hybridized carbons (Fsp3) is 0.444. The lowest BCUT2D eigenvalue weighted by atomic mass is 9.85. The van der Waals surface area contributed by atoms with Crippen LogP contribution in [0, 0.1) is 5.41 Å². The molecule has 1 heterocycles. The number of hydrogen-bond donors (Lipinski definition) is 2. The molecule has 1 atom stereocenters. The van der Waals surface area contributed by atoms with Crippen LogP contribution in [0.4, 0.5) is 0 Å². The summed E-state index contributed by atoms with van der Waals surface area (Å²) in [6, 6.07) is 10.1. The molecule has 2 rings (SSSR count). The minimum absolute atomic E-state index is 0. The second kappa shape index (κ2) is 9.16. The normalized spacial score (nSPS) is 12.3. The smallest absolute Gasteiger partial charge is 0.271 e. The maximum Gasteiger partial charge on any atom is 0.271 e. The third kappa shape index (κ3) is 6.23. The molecule has 0 saturated heterocycles. The Kier molecular flexibility index (Phi) is 7.87. The molecule has 1 unspecified atom stereocenters. The van der Waals surface area contributed by atoms with Gasteiger partial charge in [0.05, 0.1) is 11.0 Å². The van der Waals surface area contributed by atoms with Crippen LogP contribution in [0.15, 0.2) is 35.7 Å². The highest BCUT2D eigenvalue weighted by atomic mass is 35.5. The molecular weight excluding hydrogens is 342 g/mol. The lowest BCUT2D eigenvalue weighted by Crippen LogP contribution is -2.31. The van der Waals surface area contributed by atoms with E-state index in [0.717, 1.165) is 17.0 Å². The van der Waals surface area contributed by atoms with Crippen molar-refractivity contribution < 1.29 is 4.79 Å². The number of nitrogens with two attached hydrogens (primary N) is 1. The largest absolute Gasteiger partial charge is 0.344 e. The highest BCUT2D eigenvalue weighted by Gasteiger charge is 2.23. The SMILES string of the molecule is CC(C)(C)CC(NC(=O)c1csc(CCN)n1)c1ccccc1.Cl. The third-order valence-electron chi connectivity index (χ3n) is 3.47. The molecule has 0 aliphatic rings. The number of carbonyl (C=O) groups is 1. The van der Waals surface area contributed by atoms with Crippen LogP contribution in [0.5, 0.6) is 0 Å². The number of rotatable bonds is 6. The molecule has 132 valence electrons. The molecule has 6 heteroatoms. The lowest BCUT2D eigenvalue weighted by Gasteiger charge is -2.27. The van der Waals surface area contributed by atoms with Gasteiger partial charge in [0, 0.05) is 11.8 Å². The zero-order valence-corrected chi connectivity index (χ0v) is 16.0. The van der Waals surface area contributed by atoms with E-state index in [2.05, 4.69) is 43.2 Å². The standard InChI is InChI=1S/C18H25N3OS.ClH/c1-18(2,3)11-14(13-7-5-4-6-8-13)21-17(22)15-12-23-16(20-15)9-10-19;/h4-8,12,14H,9-11,19H2,1-3H3,(H,21,22);1H. The van der Waals surface area contributed by atoms with Crippen LogP contribution < -0.4 is 11.1 Å². The monoisotopic (exact) mass is 367 g/mol. The summed E-state index contributed by atoms with van der Waals surface area (Å²) in [5.41, 5.74) is 7.25. The van der Waals surface area contributed by atoms with Crippen LogP contribution in [0.2, 0.25) is 0 Å². The van der Waals surface area contributed by atoms with Crippen molar-refractivity contribution in [3.8, 4) is 0 Å². The summed E-state index contributed by atoms with van der Waals surface area (Å²) < 4.78 is 0. The summed E-state index contributed by atoms with van der Waals surface area (Å²) in [6.07, 6.45) is 1.57. The van der Waals surface area contributed by atoms with Gasteiger partial charge in [-0.25, -0.2) is 4.98 Å². The Bertz CT molecular complexity index is 637. The molecule has 0 radical (unpaired) electrons. The van der Waals surface area contributed by atoms with E-state index in [4.69, 9.17) is 5.73 Å². The number of hydrogen-bond acceptors (Lipinski definition) is 4. The van der Waals surface area contributed by atoms with Crippen LogP contribution in [0.25, 0.3) is 0 Å². The van der Waals surface area contributed by atoms with Crippen LogP contribution in [0.1, 0.15) is 54.3 Å². The maximum absolute atomic E-state index is 12.5. The summed E-state index contributed by atoms with van der Waals surface area (Å²) in [4.78, 5) is 16.9. The Hall–Kier alpha value is -1.43. The highest BCUT2D eigenvalue weighted by molar-refractivity contribution is 7.09. The number of nitrogens with one attached hydrogen (secondary N) is 1. The first-order chi connectivity index (χ1) is 10.9. The van der Waals surface area contributed by atoms with Gasteiger partial charge in [-0.1, -0.05) is 51.1 Å². The van der Waals surface area contributed by atoms with E-state index in [1.807, 2.05) is 18.2 Å². The predicted molar refractivity (Wildman–Crippen MR) is 103 cm³/mol.